The van der Waals surface area contributed by atoms with Crippen molar-refractivity contribution in [2.45, 2.75) is 6.54 Å². The zero-order chi connectivity index (χ0) is 17.2. The Balaban J connectivity index is 1.74. The highest BCUT2D eigenvalue weighted by Crippen LogP contribution is 2.27. The van der Waals surface area contributed by atoms with Crippen LogP contribution in [0.5, 0.6) is 0 Å². The van der Waals surface area contributed by atoms with Crippen molar-refractivity contribution in [3.8, 4) is 0 Å². The number of likely N-dealkylation sites (N-methyl/N-ethyl adjacent to an activating group) is 1. The van der Waals surface area contributed by atoms with Crippen molar-refractivity contribution in [2.75, 3.05) is 33.9 Å². The van der Waals surface area contributed by atoms with Gasteiger partial charge in [0.15, 0.2) is 5.65 Å². The van der Waals surface area contributed by atoms with E-state index in [0.29, 0.717) is 6.61 Å². The normalized spacial score (nSPS) is 12.0. The molecule has 2 aromatic carbocycles. The summed E-state index contributed by atoms with van der Waals surface area (Å²) in [5.41, 5.74) is 4.90. The second-order valence-electron chi connectivity index (χ2n) is 6.47. The third kappa shape index (κ3) is 3.08. The largest absolute Gasteiger partial charge is 0.378 e. The molecule has 0 radical (unpaired) electrons. The van der Waals surface area contributed by atoms with E-state index in [2.05, 4.69) is 47.8 Å². The summed E-state index contributed by atoms with van der Waals surface area (Å²) in [4.78, 5) is 11.9. The van der Waals surface area contributed by atoms with E-state index in [1.165, 1.54) is 0 Å². The minimum Gasteiger partial charge on any atom is -0.378 e. The van der Waals surface area contributed by atoms with Crippen LogP contribution >= 0.6 is 0 Å². The van der Waals surface area contributed by atoms with Gasteiger partial charge in [-0.2, -0.15) is 0 Å². The number of hydrogen-bond donors (Lipinski definition) is 0. The summed E-state index contributed by atoms with van der Waals surface area (Å²) < 4.78 is 8.01. The average Bonchev–Trinajstić information content (AvgIpc) is 2.93. The molecule has 0 aliphatic heterocycles. The molecule has 0 aliphatic carbocycles. The van der Waals surface area contributed by atoms with Crippen molar-refractivity contribution in [3.05, 3.63) is 48.5 Å². The Bertz CT molecular complexity index is 1020. The van der Waals surface area contributed by atoms with Gasteiger partial charge in [0.1, 0.15) is 5.52 Å². The maximum Gasteiger partial charge on any atom is 0.160 e. The predicted octanol–water partition coefficient (Wildman–Crippen LogP) is 3.32. The summed E-state index contributed by atoms with van der Waals surface area (Å²) in [5, 5.41) is 1.14. The first kappa shape index (κ1) is 16.0. The van der Waals surface area contributed by atoms with E-state index in [1.54, 1.807) is 0 Å². The molecule has 0 spiro atoms. The number of rotatable bonds is 6. The molecule has 0 amide bonds. The van der Waals surface area contributed by atoms with E-state index in [-0.39, 0.29) is 0 Å². The molecule has 2 heterocycles. The number of para-hydroxylation sites is 3. The highest BCUT2D eigenvalue weighted by atomic mass is 16.5. The minimum atomic E-state index is 0.663. The molecule has 5 nitrogen and oxygen atoms in total. The molecule has 2 aromatic heterocycles. The van der Waals surface area contributed by atoms with Crippen molar-refractivity contribution in [2.24, 2.45) is 0 Å². The Morgan fingerprint density at radius 2 is 1.64 bits per heavy atom. The van der Waals surface area contributed by atoms with Gasteiger partial charge in [-0.15, -0.1) is 0 Å². The molecule has 0 saturated heterocycles. The molecular weight excluding hydrogens is 312 g/mol. The highest BCUT2D eigenvalue weighted by Gasteiger charge is 2.13. The number of aromatic nitrogens is 3. The zero-order valence-electron chi connectivity index (χ0n) is 14.6. The summed E-state index contributed by atoms with van der Waals surface area (Å²) in [6.45, 7) is 3.09. The molecule has 5 heteroatoms. The third-order valence-corrected chi connectivity index (χ3v) is 4.40. The SMILES string of the molecule is CN(C)CCOCCn1c2ccccc2c2nc3ccccc3nc21. The lowest BCUT2D eigenvalue weighted by Crippen LogP contribution is -2.19. The molecular formula is C20H22N4O. The van der Waals surface area contributed by atoms with Crippen LogP contribution in [0.3, 0.4) is 0 Å². The minimum absolute atomic E-state index is 0.663. The molecule has 4 aromatic rings. The maximum absolute atomic E-state index is 5.79. The van der Waals surface area contributed by atoms with Gasteiger partial charge in [-0.05, 0) is 32.3 Å². The summed E-state index contributed by atoms with van der Waals surface area (Å²) in [6, 6.07) is 16.4. The van der Waals surface area contributed by atoms with Gasteiger partial charge in [-0.1, -0.05) is 30.3 Å². The summed E-state index contributed by atoms with van der Waals surface area (Å²) >= 11 is 0. The fourth-order valence-electron chi connectivity index (χ4n) is 3.11. The summed E-state index contributed by atoms with van der Waals surface area (Å²) in [7, 11) is 4.11. The summed E-state index contributed by atoms with van der Waals surface area (Å²) in [6.07, 6.45) is 0. The molecule has 0 atom stereocenters. The van der Waals surface area contributed by atoms with E-state index in [4.69, 9.17) is 14.7 Å². The first-order valence-corrected chi connectivity index (χ1v) is 8.60. The van der Waals surface area contributed by atoms with Crippen LogP contribution in [0.4, 0.5) is 0 Å². The van der Waals surface area contributed by atoms with Gasteiger partial charge in [0.25, 0.3) is 0 Å². The molecule has 4 rings (SSSR count). The van der Waals surface area contributed by atoms with Gasteiger partial charge in [-0.25, -0.2) is 9.97 Å². The highest BCUT2D eigenvalue weighted by molar-refractivity contribution is 6.06. The lowest BCUT2D eigenvalue weighted by Gasteiger charge is -2.11. The van der Waals surface area contributed by atoms with Gasteiger partial charge in [0, 0.05) is 18.5 Å². The van der Waals surface area contributed by atoms with E-state index < -0.39 is 0 Å². The fourth-order valence-corrected chi connectivity index (χ4v) is 3.11. The van der Waals surface area contributed by atoms with Crippen molar-refractivity contribution >= 4 is 33.1 Å². The zero-order valence-corrected chi connectivity index (χ0v) is 14.6. The van der Waals surface area contributed by atoms with Crippen molar-refractivity contribution in [3.63, 3.8) is 0 Å². The Morgan fingerprint density at radius 3 is 2.44 bits per heavy atom. The van der Waals surface area contributed by atoms with Gasteiger partial charge >= 0.3 is 0 Å². The first-order valence-electron chi connectivity index (χ1n) is 8.60. The Kier molecular flexibility index (Phi) is 4.34. The maximum atomic E-state index is 5.79. The number of hydrogen-bond acceptors (Lipinski definition) is 4. The second-order valence-corrected chi connectivity index (χ2v) is 6.47. The molecule has 0 aliphatic rings. The van der Waals surface area contributed by atoms with E-state index in [1.807, 2.05) is 24.3 Å². The average molecular weight is 334 g/mol. The smallest absolute Gasteiger partial charge is 0.160 e. The Labute approximate surface area is 146 Å². The fraction of sp³-hybridized carbons (Fsp3) is 0.300. The summed E-state index contributed by atoms with van der Waals surface area (Å²) in [5.74, 6) is 0. The third-order valence-electron chi connectivity index (χ3n) is 4.40. The molecule has 0 unspecified atom stereocenters. The molecule has 128 valence electrons. The van der Waals surface area contributed by atoms with Gasteiger partial charge in [0.2, 0.25) is 0 Å². The molecule has 25 heavy (non-hydrogen) atoms. The van der Waals surface area contributed by atoms with Crippen LogP contribution in [-0.4, -0.2) is 53.3 Å². The lowest BCUT2D eigenvalue weighted by atomic mass is 10.2. The van der Waals surface area contributed by atoms with Crippen LogP contribution in [0.25, 0.3) is 33.1 Å². The van der Waals surface area contributed by atoms with E-state index in [9.17, 15) is 0 Å². The van der Waals surface area contributed by atoms with E-state index in [0.717, 1.165) is 52.8 Å². The van der Waals surface area contributed by atoms with Crippen LogP contribution in [0, 0.1) is 0 Å². The van der Waals surface area contributed by atoms with Gasteiger partial charge < -0.3 is 14.2 Å². The standard InChI is InChI=1S/C20H22N4O/c1-23(2)11-13-25-14-12-24-18-10-6-3-7-15(18)19-20(24)22-17-9-5-4-8-16(17)21-19/h3-10H,11-14H2,1-2H3. The predicted molar refractivity (Wildman–Crippen MR) is 102 cm³/mol. The van der Waals surface area contributed by atoms with Gasteiger partial charge in [-0.3, -0.25) is 0 Å². The topological polar surface area (TPSA) is 43.2 Å². The number of ether oxygens (including phenoxy) is 1. The van der Waals surface area contributed by atoms with Crippen LogP contribution in [0.2, 0.25) is 0 Å². The van der Waals surface area contributed by atoms with Crippen LogP contribution in [-0.2, 0) is 11.3 Å². The van der Waals surface area contributed by atoms with Crippen molar-refractivity contribution in [1.82, 2.24) is 19.4 Å². The van der Waals surface area contributed by atoms with Gasteiger partial charge in [0.05, 0.1) is 29.8 Å². The van der Waals surface area contributed by atoms with Crippen molar-refractivity contribution < 1.29 is 4.74 Å². The molecule has 0 bridgehead atoms. The number of fused-ring (bicyclic) bond motifs is 4. The van der Waals surface area contributed by atoms with Crippen molar-refractivity contribution in [1.29, 1.82) is 0 Å². The number of nitrogens with zero attached hydrogens (tertiary/aromatic N) is 4. The van der Waals surface area contributed by atoms with Crippen LogP contribution in [0.1, 0.15) is 0 Å². The Morgan fingerprint density at radius 1 is 0.920 bits per heavy atom. The molecule has 0 saturated carbocycles. The first-order chi connectivity index (χ1) is 12.2. The van der Waals surface area contributed by atoms with E-state index >= 15 is 0 Å². The Hall–Kier alpha value is -2.50. The second kappa shape index (κ2) is 6.78. The molecule has 0 fully saturated rings. The monoisotopic (exact) mass is 334 g/mol. The quantitative estimate of drug-likeness (QED) is 0.507. The number of benzene rings is 2. The molecule has 0 N–H and O–H groups in total. The van der Waals surface area contributed by atoms with Crippen LogP contribution in [0.15, 0.2) is 48.5 Å². The van der Waals surface area contributed by atoms with Crippen LogP contribution < -0.4 is 0 Å². The lowest BCUT2D eigenvalue weighted by molar-refractivity contribution is 0.112.